The van der Waals surface area contributed by atoms with Gasteiger partial charge in [-0.25, -0.2) is 0 Å². The van der Waals surface area contributed by atoms with Crippen molar-refractivity contribution in [2.24, 2.45) is 0 Å². The van der Waals surface area contributed by atoms with E-state index in [1.165, 1.54) is 5.56 Å². The van der Waals surface area contributed by atoms with Gasteiger partial charge in [0.25, 0.3) is 0 Å². The van der Waals surface area contributed by atoms with Crippen molar-refractivity contribution in [1.29, 1.82) is 0 Å². The van der Waals surface area contributed by atoms with Crippen LogP contribution in [0.1, 0.15) is 38.8 Å². The summed E-state index contributed by atoms with van der Waals surface area (Å²) in [5.41, 5.74) is 2.39. The molecule has 0 heterocycles. The second kappa shape index (κ2) is 5.67. The third-order valence-corrected chi connectivity index (χ3v) is 3.20. The van der Waals surface area contributed by atoms with Crippen molar-refractivity contribution < 1.29 is 9.53 Å². The molecule has 3 heteroatoms. The first-order valence-electron chi connectivity index (χ1n) is 5.79. The first kappa shape index (κ1) is 14.2. The van der Waals surface area contributed by atoms with E-state index < -0.39 is 0 Å². The minimum atomic E-state index is -0.00802. The van der Waals surface area contributed by atoms with Crippen molar-refractivity contribution in [2.45, 2.75) is 39.5 Å². The Labute approximate surface area is 111 Å². The monoisotopic (exact) mass is 298 g/mol. The highest BCUT2D eigenvalue weighted by atomic mass is 79.9. The Bertz CT molecular complexity index is 405. The summed E-state index contributed by atoms with van der Waals surface area (Å²) in [6.07, 6.45) is 1.75. The summed E-state index contributed by atoms with van der Waals surface area (Å²) in [7, 11) is 0. The standard InChI is InChI=1S/C14H19BrO2/c1-5-10-8-11(14(2,3)4)13(12(15)9-10)17-7-6-16/h6,8-9H,5,7H2,1-4H3. The number of hydrogen-bond donors (Lipinski definition) is 0. The van der Waals surface area contributed by atoms with Crippen molar-refractivity contribution in [3.63, 3.8) is 0 Å². The largest absolute Gasteiger partial charge is 0.485 e. The number of aryl methyl sites for hydroxylation is 1. The lowest BCUT2D eigenvalue weighted by molar-refractivity contribution is -0.109. The molecule has 0 saturated heterocycles. The summed E-state index contributed by atoms with van der Waals surface area (Å²) < 4.78 is 6.45. The molecule has 0 spiro atoms. The average Bonchev–Trinajstić information content (AvgIpc) is 2.25. The molecular weight excluding hydrogens is 280 g/mol. The van der Waals surface area contributed by atoms with Gasteiger partial charge in [-0.15, -0.1) is 0 Å². The Kier molecular flexibility index (Phi) is 4.75. The van der Waals surface area contributed by atoms with Crippen LogP contribution >= 0.6 is 15.9 Å². The second-order valence-electron chi connectivity index (χ2n) is 5.04. The molecule has 0 aliphatic rings. The number of carbonyl (C=O) groups excluding carboxylic acids is 1. The van der Waals surface area contributed by atoms with Crippen LogP contribution in [-0.4, -0.2) is 12.9 Å². The van der Waals surface area contributed by atoms with Crippen molar-refractivity contribution in [3.8, 4) is 5.75 Å². The molecule has 2 nitrogen and oxygen atoms in total. The predicted molar refractivity (Wildman–Crippen MR) is 73.8 cm³/mol. The van der Waals surface area contributed by atoms with Gasteiger partial charge in [0.15, 0.2) is 6.29 Å². The highest BCUT2D eigenvalue weighted by molar-refractivity contribution is 9.10. The Balaban J connectivity index is 3.29. The summed E-state index contributed by atoms with van der Waals surface area (Å²) in [5.74, 6) is 0.779. The molecule has 0 aliphatic carbocycles. The third-order valence-electron chi connectivity index (χ3n) is 2.62. The minimum absolute atomic E-state index is 0.00802. The van der Waals surface area contributed by atoms with E-state index in [1.807, 2.05) is 0 Å². The molecule has 1 aromatic rings. The van der Waals surface area contributed by atoms with Crippen LogP contribution in [0.15, 0.2) is 16.6 Å². The molecule has 94 valence electrons. The van der Waals surface area contributed by atoms with Gasteiger partial charge in [0, 0.05) is 5.56 Å². The third kappa shape index (κ3) is 3.56. The summed E-state index contributed by atoms with van der Waals surface area (Å²) in [6, 6.07) is 4.21. The smallest absolute Gasteiger partial charge is 0.157 e. The van der Waals surface area contributed by atoms with E-state index in [0.29, 0.717) is 0 Å². The lowest BCUT2D eigenvalue weighted by Gasteiger charge is -2.24. The maximum atomic E-state index is 10.4. The van der Waals surface area contributed by atoms with Gasteiger partial charge in [0.05, 0.1) is 4.47 Å². The van der Waals surface area contributed by atoms with Crippen LogP contribution in [-0.2, 0) is 16.6 Å². The molecule has 0 amide bonds. The Morgan fingerprint density at radius 3 is 2.47 bits per heavy atom. The molecule has 0 aliphatic heterocycles. The van der Waals surface area contributed by atoms with Gasteiger partial charge in [-0.2, -0.15) is 0 Å². The second-order valence-corrected chi connectivity index (χ2v) is 5.89. The van der Waals surface area contributed by atoms with E-state index in [2.05, 4.69) is 55.8 Å². The highest BCUT2D eigenvalue weighted by Gasteiger charge is 2.21. The van der Waals surface area contributed by atoms with Gasteiger partial charge in [0.1, 0.15) is 12.4 Å². The van der Waals surface area contributed by atoms with Gasteiger partial charge >= 0.3 is 0 Å². The Hall–Kier alpha value is -0.830. The SMILES string of the molecule is CCc1cc(Br)c(OCC=O)c(C(C)(C)C)c1. The zero-order valence-electron chi connectivity index (χ0n) is 10.8. The molecular formula is C14H19BrO2. The molecule has 0 unspecified atom stereocenters. The lowest BCUT2D eigenvalue weighted by Crippen LogP contribution is -2.15. The summed E-state index contributed by atoms with van der Waals surface area (Å²) in [6.45, 7) is 8.64. The molecule has 0 N–H and O–H groups in total. The fourth-order valence-corrected chi connectivity index (χ4v) is 2.30. The number of hydrogen-bond acceptors (Lipinski definition) is 2. The van der Waals surface area contributed by atoms with Crippen molar-refractivity contribution >= 4 is 22.2 Å². The normalized spacial score (nSPS) is 11.4. The van der Waals surface area contributed by atoms with Crippen LogP contribution in [0.2, 0.25) is 0 Å². The topological polar surface area (TPSA) is 26.3 Å². The summed E-state index contributed by atoms with van der Waals surface area (Å²) in [5, 5.41) is 0. The van der Waals surface area contributed by atoms with Gasteiger partial charge in [-0.1, -0.05) is 33.8 Å². The number of carbonyl (C=O) groups is 1. The highest BCUT2D eigenvalue weighted by Crippen LogP contribution is 2.38. The quantitative estimate of drug-likeness (QED) is 0.789. The van der Waals surface area contributed by atoms with E-state index in [4.69, 9.17) is 4.74 Å². The number of benzene rings is 1. The van der Waals surface area contributed by atoms with E-state index in [-0.39, 0.29) is 12.0 Å². The fourth-order valence-electron chi connectivity index (χ4n) is 1.67. The molecule has 0 radical (unpaired) electrons. The summed E-state index contributed by atoms with van der Waals surface area (Å²) in [4.78, 5) is 10.4. The van der Waals surface area contributed by atoms with Crippen molar-refractivity contribution in [3.05, 3.63) is 27.7 Å². The molecule has 0 atom stereocenters. The zero-order valence-corrected chi connectivity index (χ0v) is 12.4. The maximum absolute atomic E-state index is 10.4. The van der Waals surface area contributed by atoms with Crippen molar-refractivity contribution in [2.75, 3.05) is 6.61 Å². The minimum Gasteiger partial charge on any atom is -0.485 e. The Morgan fingerprint density at radius 1 is 1.35 bits per heavy atom. The number of halogens is 1. The molecule has 0 bridgehead atoms. The van der Waals surface area contributed by atoms with E-state index in [9.17, 15) is 4.79 Å². The number of ether oxygens (including phenoxy) is 1. The molecule has 17 heavy (non-hydrogen) atoms. The average molecular weight is 299 g/mol. The van der Waals surface area contributed by atoms with E-state index in [1.54, 1.807) is 0 Å². The molecule has 1 rings (SSSR count). The van der Waals surface area contributed by atoms with Gasteiger partial charge in [-0.3, -0.25) is 4.79 Å². The van der Waals surface area contributed by atoms with Gasteiger partial charge < -0.3 is 4.74 Å². The summed E-state index contributed by atoms with van der Waals surface area (Å²) >= 11 is 3.52. The fraction of sp³-hybridized carbons (Fsp3) is 0.500. The molecule has 0 fully saturated rings. The predicted octanol–water partition coefficient (Wildman–Crippen LogP) is 3.89. The number of rotatable bonds is 4. The van der Waals surface area contributed by atoms with Gasteiger partial charge in [0.2, 0.25) is 0 Å². The van der Waals surface area contributed by atoms with Crippen LogP contribution in [0.25, 0.3) is 0 Å². The molecule has 1 aromatic carbocycles. The van der Waals surface area contributed by atoms with E-state index in [0.717, 1.165) is 28.5 Å². The van der Waals surface area contributed by atoms with Crippen LogP contribution < -0.4 is 4.74 Å². The van der Waals surface area contributed by atoms with Crippen LogP contribution in [0, 0.1) is 0 Å². The Morgan fingerprint density at radius 2 is 2.00 bits per heavy atom. The molecule has 0 aromatic heterocycles. The molecule has 0 saturated carbocycles. The van der Waals surface area contributed by atoms with E-state index >= 15 is 0 Å². The van der Waals surface area contributed by atoms with Gasteiger partial charge in [-0.05, 0) is 39.4 Å². The van der Waals surface area contributed by atoms with Crippen LogP contribution in [0.4, 0.5) is 0 Å². The number of aldehydes is 1. The van der Waals surface area contributed by atoms with Crippen LogP contribution in [0.5, 0.6) is 5.75 Å². The van der Waals surface area contributed by atoms with Crippen molar-refractivity contribution in [1.82, 2.24) is 0 Å². The first-order chi connectivity index (χ1) is 7.90. The zero-order chi connectivity index (χ0) is 13.1. The lowest BCUT2D eigenvalue weighted by atomic mass is 9.85. The van der Waals surface area contributed by atoms with Crippen LogP contribution in [0.3, 0.4) is 0 Å². The first-order valence-corrected chi connectivity index (χ1v) is 6.58. The maximum Gasteiger partial charge on any atom is 0.157 e.